The van der Waals surface area contributed by atoms with Gasteiger partial charge in [-0.05, 0) is 22.8 Å². The van der Waals surface area contributed by atoms with Crippen molar-refractivity contribution in [3.8, 4) is 0 Å². The molecule has 0 aromatic heterocycles. The minimum atomic E-state index is -0.260. The van der Waals surface area contributed by atoms with Crippen molar-refractivity contribution in [3.05, 3.63) is 48.0 Å². The van der Waals surface area contributed by atoms with E-state index in [0.29, 0.717) is 5.78 Å². The van der Waals surface area contributed by atoms with E-state index in [0.717, 1.165) is 6.42 Å². The normalized spacial score (nSPS) is 13.5. The first kappa shape index (κ1) is 13.8. The monoisotopic (exact) mass is 254 g/mol. The summed E-state index contributed by atoms with van der Waals surface area (Å²) in [5, 5.41) is 2.51. The van der Waals surface area contributed by atoms with Crippen molar-refractivity contribution in [2.45, 2.75) is 34.1 Å². The summed E-state index contributed by atoms with van der Waals surface area (Å²) in [5.41, 5.74) is 1.01. The molecule has 0 N–H and O–H groups in total. The van der Waals surface area contributed by atoms with Crippen LogP contribution >= 0.6 is 0 Å². The number of Topliss-reactive ketones (excluding diaryl/α,β-unsaturated/α-hetero) is 1. The van der Waals surface area contributed by atoms with Gasteiger partial charge in [0.25, 0.3) is 0 Å². The summed E-state index contributed by atoms with van der Waals surface area (Å²) in [6.45, 7) is 8.02. The lowest BCUT2D eigenvalue weighted by molar-refractivity contribution is -0.129. The van der Waals surface area contributed by atoms with E-state index in [9.17, 15) is 4.79 Å². The number of carbonyl (C=O) groups excluding carboxylic acids is 1. The molecule has 0 spiro atoms. The third-order valence-electron chi connectivity index (χ3n) is 3.59. The van der Waals surface area contributed by atoms with Gasteiger partial charge in [0.15, 0.2) is 0 Å². The van der Waals surface area contributed by atoms with Gasteiger partial charge in [-0.2, -0.15) is 0 Å². The molecule has 0 unspecified atom stereocenters. The average molecular weight is 254 g/mol. The molecule has 0 heterocycles. The first-order valence-corrected chi connectivity index (χ1v) is 6.90. The zero-order chi connectivity index (χ0) is 14.0. The van der Waals surface area contributed by atoms with Crippen molar-refractivity contribution in [1.82, 2.24) is 0 Å². The minimum Gasteiger partial charge on any atom is -0.299 e. The predicted octanol–water partition coefficient (Wildman–Crippen LogP) is 4.63. The van der Waals surface area contributed by atoms with Crippen LogP contribution in [0, 0.1) is 11.3 Å². The zero-order valence-electron chi connectivity index (χ0n) is 12.2. The molecule has 0 saturated heterocycles. The number of carbonyl (C=O) groups is 1. The average Bonchev–Trinajstić information content (AvgIpc) is 2.37. The van der Waals surface area contributed by atoms with Gasteiger partial charge in [0.2, 0.25) is 0 Å². The topological polar surface area (TPSA) is 17.1 Å². The quantitative estimate of drug-likeness (QED) is 0.780. The Bertz CT molecular complexity index is 585. The lowest BCUT2D eigenvalue weighted by Crippen LogP contribution is -2.27. The van der Waals surface area contributed by atoms with Crippen molar-refractivity contribution < 1.29 is 4.79 Å². The van der Waals surface area contributed by atoms with Crippen LogP contribution in [0.3, 0.4) is 0 Å². The highest BCUT2D eigenvalue weighted by Gasteiger charge is 2.26. The zero-order valence-corrected chi connectivity index (χ0v) is 12.2. The minimum absolute atomic E-state index is 0.0609. The highest BCUT2D eigenvalue weighted by atomic mass is 16.1. The van der Waals surface area contributed by atoms with Crippen molar-refractivity contribution in [1.29, 1.82) is 0 Å². The predicted molar refractivity (Wildman–Crippen MR) is 81.3 cm³/mol. The summed E-state index contributed by atoms with van der Waals surface area (Å²) >= 11 is 0. The van der Waals surface area contributed by atoms with E-state index in [-0.39, 0.29) is 11.3 Å². The molecule has 2 aromatic rings. The molecular formula is C18H22O. The fourth-order valence-electron chi connectivity index (χ4n) is 2.63. The van der Waals surface area contributed by atoms with Crippen LogP contribution < -0.4 is 0 Å². The lowest BCUT2D eigenvalue weighted by atomic mass is 9.81. The van der Waals surface area contributed by atoms with Crippen molar-refractivity contribution in [3.63, 3.8) is 0 Å². The highest BCUT2D eigenvalue weighted by molar-refractivity contribution is 5.88. The van der Waals surface area contributed by atoms with Gasteiger partial charge >= 0.3 is 0 Å². The van der Waals surface area contributed by atoms with Crippen LogP contribution in [0.25, 0.3) is 10.8 Å². The van der Waals surface area contributed by atoms with E-state index in [4.69, 9.17) is 0 Å². The summed E-state index contributed by atoms with van der Waals surface area (Å²) in [6, 6.07) is 14.7. The summed E-state index contributed by atoms with van der Waals surface area (Å²) < 4.78 is 0. The van der Waals surface area contributed by atoms with E-state index in [1.807, 2.05) is 27.7 Å². The van der Waals surface area contributed by atoms with Gasteiger partial charge in [0, 0.05) is 11.3 Å². The fourth-order valence-corrected chi connectivity index (χ4v) is 2.63. The second-order valence-electron chi connectivity index (χ2n) is 6.36. The van der Waals surface area contributed by atoms with Crippen LogP contribution in [0.4, 0.5) is 0 Å². The molecule has 2 aromatic carbocycles. The molecule has 1 atom stereocenters. The maximum Gasteiger partial charge on any atom is 0.141 e. The SMILES string of the molecule is C[C@@H](Cc1cccc2ccccc12)C(=O)C(C)(C)C. The van der Waals surface area contributed by atoms with Crippen molar-refractivity contribution >= 4 is 16.6 Å². The molecule has 2 rings (SSSR count). The first-order valence-electron chi connectivity index (χ1n) is 6.90. The van der Waals surface area contributed by atoms with E-state index in [2.05, 4.69) is 42.5 Å². The van der Waals surface area contributed by atoms with Crippen LogP contribution in [0.15, 0.2) is 42.5 Å². The smallest absolute Gasteiger partial charge is 0.141 e. The third-order valence-corrected chi connectivity index (χ3v) is 3.59. The molecule has 0 saturated carbocycles. The second-order valence-corrected chi connectivity index (χ2v) is 6.36. The molecular weight excluding hydrogens is 232 g/mol. The van der Waals surface area contributed by atoms with Crippen molar-refractivity contribution in [2.24, 2.45) is 11.3 Å². The summed E-state index contributed by atoms with van der Waals surface area (Å²) in [7, 11) is 0. The Morgan fingerprint density at radius 1 is 1.05 bits per heavy atom. The molecule has 0 aliphatic heterocycles. The molecule has 0 bridgehead atoms. The van der Waals surface area contributed by atoms with Gasteiger partial charge in [-0.15, -0.1) is 0 Å². The van der Waals surface area contributed by atoms with Gasteiger partial charge < -0.3 is 0 Å². The van der Waals surface area contributed by atoms with Gasteiger partial charge in [-0.1, -0.05) is 70.2 Å². The molecule has 100 valence electrons. The van der Waals surface area contributed by atoms with Crippen LogP contribution in [0.1, 0.15) is 33.3 Å². The number of fused-ring (bicyclic) bond motifs is 1. The Hall–Kier alpha value is -1.63. The Morgan fingerprint density at radius 3 is 2.37 bits per heavy atom. The fraction of sp³-hybridized carbons (Fsp3) is 0.389. The summed E-state index contributed by atoms with van der Waals surface area (Å²) in [5.74, 6) is 0.395. The third kappa shape index (κ3) is 3.04. The van der Waals surface area contributed by atoms with E-state index >= 15 is 0 Å². The maximum atomic E-state index is 12.3. The molecule has 0 fully saturated rings. The second kappa shape index (κ2) is 5.16. The first-order chi connectivity index (χ1) is 8.89. The maximum absolute atomic E-state index is 12.3. The van der Waals surface area contributed by atoms with E-state index < -0.39 is 0 Å². The van der Waals surface area contributed by atoms with Crippen molar-refractivity contribution in [2.75, 3.05) is 0 Å². The molecule has 0 radical (unpaired) electrons. The van der Waals surface area contributed by atoms with Gasteiger partial charge in [0.05, 0.1) is 0 Å². The highest BCUT2D eigenvalue weighted by Crippen LogP contribution is 2.26. The number of hydrogen-bond donors (Lipinski definition) is 0. The standard InChI is InChI=1S/C18H22O/c1-13(17(19)18(2,3)4)12-15-10-7-9-14-8-5-6-11-16(14)15/h5-11,13H,12H2,1-4H3/t13-/m0/s1. The van der Waals surface area contributed by atoms with Crippen LogP contribution in [0.5, 0.6) is 0 Å². The molecule has 0 aliphatic rings. The van der Waals surface area contributed by atoms with Gasteiger partial charge in [-0.3, -0.25) is 4.79 Å². The summed E-state index contributed by atoms with van der Waals surface area (Å²) in [4.78, 5) is 12.3. The Labute approximate surface area is 115 Å². The van der Waals surface area contributed by atoms with E-state index in [1.54, 1.807) is 0 Å². The summed E-state index contributed by atoms with van der Waals surface area (Å²) in [6.07, 6.45) is 0.817. The van der Waals surface area contributed by atoms with Gasteiger partial charge in [0.1, 0.15) is 5.78 Å². The number of hydrogen-bond acceptors (Lipinski definition) is 1. The molecule has 1 heteroatoms. The van der Waals surface area contributed by atoms with Crippen LogP contribution in [-0.2, 0) is 11.2 Å². The van der Waals surface area contributed by atoms with E-state index in [1.165, 1.54) is 16.3 Å². The van der Waals surface area contributed by atoms with Crippen LogP contribution in [-0.4, -0.2) is 5.78 Å². The molecule has 0 aliphatic carbocycles. The van der Waals surface area contributed by atoms with Crippen LogP contribution in [0.2, 0.25) is 0 Å². The Kier molecular flexibility index (Phi) is 3.75. The number of ketones is 1. The lowest BCUT2D eigenvalue weighted by Gasteiger charge is -2.22. The number of rotatable bonds is 3. The molecule has 1 nitrogen and oxygen atoms in total. The Balaban J connectivity index is 2.29. The molecule has 19 heavy (non-hydrogen) atoms. The molecule has 0 amide bonds. The largest absolute Gasteiger partial charge is 0.299 e. The Morgan fingerprint density at radius 2 is 1.68 bits per heavy atom. The number of benzene rings is 2. The van der Waals surface area contributed by atoms with Gasteiger partial charge in [-0.25, -0.2) is 0 Å².